The zero-order valence-corrected chi connectivity index (χ0v) is 7.92. The molecule has 0 aromatic rings. The molecule has 1 aliphatic rings. The van der Waals surface area contributed by atoms with Gasteiger partial charge >= 0.3 is 0 Å². The molecule has 1 saturated carbocycles. The maximum absolute atomic E-state index is 11.6. The van der Waals surface area contributed by atoms with E-state index >= 15 is 0 Å². The third-order valence-electron chi connectivity index (χ3n) is 3.01. The van der Waals surface area contributed by atoms with Crippen LogP contribution in [0.1, 0.15) is 39.0 Å². The fourth-order valence-electron chi connectivity index (χ4n) is 1.87. The molecule has 0 spiro atoms. The van der Waals surface area contributed by atoms with Crippen LogP contribution in [0, 0.1) is 16.7 Å². The van der Waals surface area contributed by atoms with Crippen molar-refractivity contribution in [1.82, 2.24) is 0 Å². The van der Waals surface area contributed by atoms with Gasteiger partial charge in [0.05, 0.1) is 17.6 Å². The first kappa shape index (κ1) is 10.2. The highest BCUT2D eigenvalue weighted by Crippen LogP contribution is 2.36. The molecule has 1 aliphatic carbocycles. The molecule has 1 fully saturated rings. The molecule has 0 unspecified atom stereocenters. The van der Waals surface area contributed by atoms with Gasteiger partial charge in [-0.1, -0.05) is 6.92 Å². The van der Waals surface area contributed by atoms with Gasteiger partial charge in [0, 0.05) is 12.8 Å². The molecule has 0 aliphatic heterocycles. The quantitative estimate of drug-likeness (QED) is 0.700. The lowest BCUT2D eigenvalue weighted by Gasteiger charge is -2.36. The lowest BCUT2D eigenvalue weighted by Crippen LogP contribution is -2.43. The number of hydrogen-bond donors (Lipinski definition) is 1. The summed E-state index contributed by atoms with van der Waals surface area (Å²) >= 11 is 0. The van der Waals surface area contributed by atoms with Crippen LogP contribution in [0.25, 0.3) is 0 Å². The van der Waals surface area contributed by atoms with Crippen molar-refractivity contribution in [3.8, 4) is 6.07 Å². The van der Waals surface area contributed by atoms with E-state index < -0.39 is 11.5 Å². The van der Waals surface area contributed by atoms with E-state index in [1.54, 1.807) is 6.92 Å². The van der Waals surface area contributed by atoms with Crippen molar-refractivity contribution in [2.45, 2.75) is 45.1 Å². The minimum Gasteiger partial charge on any atom is -0.392 e. The molecule has 0 aromatic carbocycles. The number of nitriles is 1. The zero-order valence-electron chi connectivity index (χ0n) is 7.92. The predicted molar refractivity (Wildman–Crippen MR) is 47.8 cm³/mol. The van der Waals surface area contributed by atoms with Crippen LogP contribution in [0.5, 0.6) is 0 Å². The van der Waals surface area contributed by atoms with E-state index in [9.17, 15) is 9.90 Å². The lowest BCUT2D eigenvalue weighted by molar-refractivity contribution is -0.139. The highest BCUT2D eigenvalue weighted by atomic mass is 16.3. The normalized spacial score (nSPS) is 34.2. The van der Waals surface area contributed by atoms with Crippen LogP contribution in [-0.2, 0) is 4.79 Å². The van der Waals surface area contributed by atoms with Crippen LogP contribution in [-0.4, -0.2) is 17.0 Å². The van der Waals surface area contributed by atoms with Crippen LogP contribution in [0.15, 0.2) is 0 Å². The smallest absolute Gasteiger partial charge is 0.141 e. The Bertz CT molecular complexity index is 244. The summed E-state index contributed by atoms with van der Waals surface area (Å²) in [7, 11) is 0. The standard InChI is InChI=1S/C10H15NO2/c1-10(6-3-7-11)8(12)4-2-5-9(10)13/h8,12H,2-6H2,1H3/t8-,10-/m1/s1. The van der Waals surface area contributed by atoms with E-state index in [2.05, 4.69) is 0 Å². The fourth-order valence-corrected chi connectivity index (χ4v) is 1.87. The zero-order chi connectivity index (χ0) is 9.90. The second kappa shape index (κ2) is 3.89. The first-order chi connectivity index (χ1) is 6.11. The molecule has 13 heavy (non-hydrogen) atoms. The summed E-state index contributed by atoms with van der Waals surface area (Å²) in [6, 6.07) is 2.02. The Kier molecular flexibility index (Phi) is 3.05. The van der Waals surface area contributed by atoms with Gasteiger partial charge in [-0.3, -0.25) is 4.79 Å². The van der Waals surface area contributed by atoms with Gasteiger partial charge in [-0.15, -0.1) is 0 Å². The Balaban J connectivity index is 2.70. The molecular weight excluding hydrogens is 166 g/mol. The predicted octanol–water partition coefficient (Wildman–Crippen LogP) is 1.41. The largest absolute Gasteiger partial charge is 0.392 e. The third kappa shape index (κ3) is 1.89. The lowest BCUT2D eigenvalue weighted by atomic mass is 9.70. The summed E-state index contributed by atoms with van der Waals surface area (Å²) in [5.74, 6) is 0.113. The molecule has 0 heterocycles. The van der Waals surface area contributed by atoms with Crippen molar-refractivity contribution in [3.05, 3.63) is 0 Å². The van der Waals surface area contributed by atoms with E-state index in [0.29, 0.717) is 25.7 Å². The van der Waals surface area contributed by atoms with Crippen molar-refractivity contribution in [2.75, 3.05) is 0 Å². The van der Waals surface area contributed by atoms with Gasteiger partial charge < -0.3 is 5.11 Å². The average molecular weight is 181 g/mol. The van der Waals surface area contributed by atoms with Gasteiger partial charge in [0.1, 0.15) is 5.78 Å². The fraction of sp³-hybridized carbons (Fsp3) is 0.800. The Morgan fingerprint density at radius 1 is 1.77 bits per heavy atom. The van der Waals surface area contributed by atoms with Crippen LogP contribution in [0.4, 0.5) is 0 Å². The molecule has 1 rings (SSSR count). The Hall–Kier alpha value is -0.880. The number of rotatable bonds is 2. The van der Waals surface area contributed by atoms with Gasteiger partial charge in [0.15, 0.2) is 0 Å². The summed E-state index contributed by atoms with van der Waals surface area (Å²) in [6.07, 6.45) is 2.31. The van der Waals surface area contributed by atoms with Crippen LogP contribution in [0.3, 0.4) is 0 Å². The molecule has 0 radical (unpaired) electrons. The SMILES string of the molecule is C[C@]1(CCC#N)C(=O)CCC[C@H]1O. The molecule has 3 nitrogen and oxygen atoms in total. The van der Waals surface area contributed by atoms with Gasteiger partial charge in [0.2, 0.25) is 0 Å². The third-order valence-corrected chi connectivity index (χ3v) is 3.01. The van der Waals surface area contributed by atoms with E-state index in [1.807, 2.05) is 6.07 Å². The molecule has 1 N–H and O–H groups in total. The summed E-state index contributed by atoms with van der Waals surface area (Å²) < 4.78 is 0. The van der Waals surface area contributed by atoms with Crippen molar-refractivity contribution in [1.29, 1.82) is 5.26 Å². The van der Waals surface area contributed by atoms with Crippen LogP contribution >= 0.6 is 0 Å². The maximum atomic E-state index is 11.6. The molecular formula is C10H15NO2. The first-order valence-electron chi connectivity index (χ1n) is 4.69. The van der Waals surface area contributed by atoms with Crippen molar-refractivity contribution in [3.63, 3.8) is 0 Å². The number of nitrogens with zero attached hydrogens (tertiary/aromatic N) is 1. The number of carbonyl (C=O) groups is 1. The van der Waals surface area contributed by atoms with Gasteiger partial charge in [-0.25, -0.2) is 0 Å². The minimum atomic E-state index is -0.659. The number of aliphatic hydroxyl groups is 1. The number of ketones is 1. The summed E-state index contributed by atoms with van der Waals surface area (Å²) in [5.41, 5.74) is -0.659. The van der Waals surface area contributed by atoms with E-state index in [1.165, 1.54) is 0 Å². The molecule has 0 amide bonds. The van der Waals surface area contributed by atoms with Crippen LogP contribution < -0.4 is 0 Å². The molecule has 3 heteroatoms. The Labute approximate surface area is 78.4 Å². The average Bonchev–Trinajstić information content (AvgIpc) is 2.11. The maximum Gasteiger partial charge on any atom is 0.141 e. The van der Waals surface area contributed by atoms with E-state index in [4.69, 9.17) is 5.26 Å². The van der Waals surface area contributed by atoms with Crippen molar-refractivity contribution < 1.29 is 9.90 Å². The summed E-state index contributed by atoms with van der Waals surface area (Å²) in [6.45, 7) is 1.77. The second-order valence-electron chi connectivity index (χ2n) is 3.91. The number of hydrogen-bond acceptors (Lipinski definition) is 3. The molecule has 0 bridgehead atoms. The highest BCUT2D eigenvalue weighted by Gasteiger charge is 2.41. The highest BCUT2D eigenvalue weighted by molar-refractivity contribution is 5.85. The van der Waals surface area contributed by atoms with Crippen LogP contribution in [0.2, 0.25) is 0 Å². The molecule has 0 saturated heterocycles. The van der Waals surface area contributed by atoms with E-state index in [-0.39, 0.29) is 5.78 Å². The Morgan fingerprint density at radius 2 is 2.46 bits per heavy atom. The first-order valence-corrected chi connectivity index (χ1v) is 4.69. The summed E-state index contributed by atoms with van der Waals surface area (Å²) in [5, 5.41) is 18.1. The van der Waals surface area contributed by atoms with Gasteiger partial charge in [0.25, 0.3) is 0 Å². The van der Waals surface area contributed by atoms with Crippen molar-refractivity contribution >= 4 is 5.78 Å². The molecule has 72 valence electrons. The number of Topliss-reactive ketones (excluding diaryl/α,β-unsaturated/α-hetero) is 1. The molecule has 0 aromatic heterocycles. The Morgan fingerprint density at radius 3 is 3.00 bits per heavy atom. The molecule has 2 atom stereocenters. The van der Waals surface area contributed by atoms with E-state index in [0.717, 1.165) is 6.42 Å². The number of carbonyl (C=O) groups excluding carboxylic acids is 1. The van der Waals surface area contributed by atoms with Gasteiger partial charge in [-0.05, 0) is 19.3 Å². The topological polar surface area (TPSA) is 61.1 Å². The monoisotopic (exact) mass is 181 g/mol. The number of aliphatic hydroxyl groups excluding tert-OH is 1. The second-order valence-corrected chi connectivity index (χ2v) is 3.91. The summed E-state index contributed by atoms with van der Waals surface area (Å²) in [4.78, 5) is 11.6. The van der Waals surface area contributed by atoms with Crippen molar-refractivity contribution in [2.24, 2.45) is 5.41 Å². The van der Waals surface area contributed by atoms with Gasteiger partial charge in [-0.2, -0.15) is 5.26 Å². The minimum absolute atomic E-state index is 0.113.